The number of hydrogen-bond donors (Lipinski definition) is 0. The number of ether oxygens (including phenoxy) is 2. The van der Waals surface area contributed by atoms with Crippen LogP contribution in [-0.4, -0.2) is 13.7 Å². The highest BCUT2D eigenvalue weighted by atomic mass is 19.1. The maximum Gasteiger partial charge on any atom is 0.129 e. The van der Waals surface area contributed by atoms with Gasteiger partial charge in [0.2, 0.25) is 0 Å². The van der Waals surface area contributed by atoms with Gasteiger partial charge in [-0.25, -0.2) is 4.39 Å². The third-order valence-electron chi connectivity index (χ3n) is 2.96. The Morgan fingerprint density at radius 3 is 2.32 bits per heavy atom. The molecular formula is C16H17FO2. The van der Waals surface area contributed by atoms with Gasteiger partial charge in [-0.1, -0.05) is 18.2 Å². The molecular weight excluding hydrogens is 243 g/mol. The Morgan fingerprint density at radius 1 is 1.00 bits per heavy atom. The average molecular weight is 260 g/mol. The highest BCUT2D eigenvalue weighted by Crippen LogP contribution is 2.16. The first-order valence-electron chi connectivity index (χ1n) is 6.21. The number of methoxy groups -OCH3 is 1. The molecule has 0 unspecified atom stereocenters. The third kappa shape index (κ3) is 3.71. The van der Waals surface area contributed by atoms with Gasteiger partial charge < -0.3 is 9.47 Å². The molecule has 0 aliphatic rings. The van der Waals surface area contributed by atoms with Gasteiger partial charge in [-0.2, -0.15) is 0 Å². The standard InChI is InChI=1S/C16H17FO2/c1-12-3-6-15(11-16(12)17)19-10-9-13-4-7-14(18-2)8-5-13/h3-8,11H,9-10H2,1-2H3. The zero-order valence-electron chi connectivity index (χ0n) is 11.2. The molecule has 0 amide bonds. The summed E-state index contributed by atoms with van der Waals surface area (Å²) in [6.45, 7) is 2.26. The van der Waals surface area contributed by atoms with Crippen LogP contribution in [0.4, 0.5) is 4.39 Å². The van der Waals surface area contributed by atoms with Crippen molar-refractivity contribution in [2.24, 2.45) is 0 Å². The van der Waals surface area contributed by atoms with Gasteiger partial charge in [-0.15, -0.1) is 0 Å². The fourth-order valence-electron chi connectivity index (χ4n) is 1.74. The molecule has 2 rings (SSSR count). The Balaban J connectivity index is 1.86. The van der Waals surface area contributed by atoms with Crippen molar-refractivity contribution in [3.8, 4) is 11.5 Å². The quantitative estimate of drug-likeness (QED) is 0.814. The lowest BCUT2D eigenvalue weighted by Crippen LogP contribution is -2.01. The van der Waals surface area contributed by atoms with Crippen molar-refractivity contribution in [2.45, 2.75) is 13.3 Å². The van der Waals surface area contributed by atoms with E-state index in [1.54, 1.807) is 26.2 Å². The minimum atomic E-state index is -0.234. The van der Waals surface area contributed by atoms with Crippen LogP contribution in [0.15, 0.2) is 42.5 Å². The molecule has 0 saturated carbocycles. The van der Waals surface area contributed by atoms with Crippen molar-refractivity contribution >= 4 is 0 Å². The molecule has 0 radical (unpaired) electrons. The van der Waals surface area contributed by atoms with E-state index in [1.165, 1.54) is 6.07 Å². The van der Waals surface area contributed by atoms with Crippen LogP contribution in [0.1, 0.15) is 11.1 Å². The zero-order valence-corrected chi connectivity index (χ0v) is 11.2. The van der Waals surface area contributed by atoms with Crippen LogP contribution in [0, 0.1) is 12.7 Å². The largest absolute Gasteiger partial charge is 0.497 e. The highest BCUT2D eigenvalue weighted by molar-refractivity contribution is 5.29. The second-order valence-electron chi connectivity index (χ2n) is 4.36. The predicted molar refractivity (Wildman–Crippen MR) is 73.3 cm³/mol. The lowest BCUT2D eigenvalue weighted by Gasteiger charge is -2.07. The van der Waals surface area contributed by atoms with Gasteiger partial charge >= 0.3 is 0 Å². The zero-order chi connectivity index (χ0) is 13.7. The smallest absolute Gasteiger partial charge is 0.129 e. The van der Waals surface area contributed by atoms with Crippen molar-refractivity contribution in [3.05, 3.63) is 59.4 Å². The minimum absolute atomic E-state index is 0.234. The second-order valence-corrected chi connectivity index (χ2v) is 4.36. The van der Waals surface area contributed by atoms with Crippen LogP contribution < -0.4 is 9.47 Å². The Hall–Kier alpha value is -2.03. The van der Waals surface area contributed by atoms with Crippen LogP contribution in [0.25, 0.3) is 0 Å². The van der Waals surface area contributed by atoms with E-state index in [-0.39, 0.29) is 5.82 Å². The van der Waals surface area contributed by atoms with E-state index in [9.17, 15) is 4.39 Å². The molecule has 100 valence electrons. The van der Waals surface area contributed by atoms with Crippen molar-refractivity contribution < 1.29 is 13.9 Å². The first-order chi connectivity index (χ1) is 9.19. The van der Waals surface area contributed by atoms with E-state index in [2.05, 4.69) is 0 Å². The summed E-state index contributed by atoms with van der Waals surface area (Å²) in [5.41, 5.74) is 1.79. The Kier molecular flexibility index (Phi) is 4.39. The number of hydrogen-bond acceptors (Lipinski definition) is 2. The first kappa shape index (κ1) is 13.4. The van der Waals surface area contributed by atoms with E-state index in [0.29, 0.717) is 17.9 Å². The maximum absolute atomic E-state index is 13.3. The molecule has 2 aromatic rings. The van der Waals surface area contributed by atoms with Gasteiger partial charge in [0.25, 0.3) is 0 Å². The fourth-order valence-corrected chi connectivity index (χ4v) is 1.74. The van der Waals surface area contributed by atoms with Crippen molar-refractivity contribution in [2.75, 3.05) is 13.7 Å². The average Bonchev–Trinajstić information content (AvgIpc) is 2.43. The lowest BCUT2D eigenvalue weighted by atomic mass is 10.1. The Bertz CT molecular complexity index is 535. The Morgan fingerprint density at radius 2 is 1.68 bits per heavy atom. The molecule has 2 nitrogen and oxygen atoms in total. The SMILES string of the molecule is COc1ccc(CCOc2ccc(C)c(F)c2)cc1. The lowest BCUT2D eigenvalue weighted by molar-refractivity contribution is 0.320. The monoisotopic (exact) mass is 260 g/mol. The fraction of sp³-hybridized carbons (Fsp3) is 0.250. The number of rotatable bonds is 5. The van der Waals surface area contributed by atoms with E-state index in [4.69, 9.17) is 9.47 Å². The molecule has 0 bridgehead atoms. The summed E-state index contributed by atoms with van der Waals surface area (Å²) in [7, 11) is 1.64. The molecule has 0 N–H and O–H groups in total. The maximum atomic E-state index is 13.3. The summed E-state index contributed by atoms with van der Waals surface area (Å²) in [5.74, 6) is 1.17. The summed E-state index contributed by atoms with van der Waals surface area (Å²) >= 11 is 0. The number of aryl methyl sites for hydroxylation is 1. The molecule has 0 heterocycles. The van der Waals surface area contributed by atoms with Crippen LogP contribution in [0.5, 0.6) is 11.5 Å². The van der Waals surface area contributed by atoms with E-state index in [1.807, 2.05) is 24.3 Å². The van der Waals surface area contributed by atoms with Gasteiger partial charge in [0.05, 0.1) is 13.7 Å². The molecule has 0 aliphatic heterocycles. The molecule has 0 spiro atoms. The normalized spacial score (nSPS) is 10.3. The Labute approximate surface area is 112 Å². The van der Waals surface area contributed by atoms with Gasteiger partial charge in [0.15, 0.2) is 0 Å². The van der Waals surface area contributed by atoms with Crippen molar-refractivity contribution in [3.63, 3.8) is 0 Å². The van der Waals surface area contributed by atoms with Crippen molar-refractivity contribution in [1.29, 1.82) is 0 Å². The van der Waals surface area contributed by atoms with Crippen LogP contribution in [-0.2, 0) is 6.42 Å². The predicted octanol–water partition coefficient (Wildman–Crippen LogP) is 3.76. The minimum Gasteiger partial charge on any atom is -0.497 e. The summed E-state index contributed by atoms with van der Waals surface area (Å²) in [4.78, 5) is 0. The molecule has 0 fully saturated rings. The summed E-state index contributed by atoms with van der Waals surface area (Å²) in [5, 5.41) is 0. The van der Waals surface area contributed by atoms with E-state index in [0.717, 1.165) is 17.7 Å². The number of benzene rings is 2. The molecule has 3 heteroatoms. The topological polar surface area (TPSA) is 18.5 Å². The van der Waals surface area contributed by atoms with E-state index >= 15 is 0 Å². The first-order valence-corrected chi connectivity index (χ1v) is 6.21. The summed E-state index contributed by atoms with van der Waals surface area (Å²) in [6, 6.07) is 12.8. The van der Waals surface area contributed by atoms with Gasteiger partial charge in [0, 0.05) is 12.5 Å². The summed E-state index contributed by atoms with van der Waals surface area (Å²) in [6.07, 6.45) is 0.777. The molecule has 0 aliphatic carbocycles. The van der Waals surface area contributed by atoms with Crippen LogP contribution in [0.3, 0.4) is 0 Å². The molecule has 0 saturated heterocycles. The van der Waals surface area contributed by atoms with E-state index < -0.39 is 0 Å². The van der Waals surface area contributed by atoms with Gasteiger partial charge in [-0.05, 0) is 36.2 Å². The molecule has 0 aromatic heterocycles. The molecule has 0 atom stereocenters. The number of halogens is 1. The second kappa shape index (κ2) is 6.23. The van der Waals surface area contributed by atoms with Gasteiger partial charge in [0.1, 0.15) is 17.3 Å². The third-order valence-corrected chi connectivity index (χ3v) is 2.96. The molecule has 2 aromatic carbocycles. The van der Waals surface area contributed by atoms with Crippen molar-refractivity contribution in [1.82, 2.24) is 0 Å². The van der Waals surface area contributed by atoms with Gasteiger partial charge in [-0.3, -0.25) is 0 Å². The molecule has 19 heavy (non-hydrogen) atoms. The summed E-state index contributed by atoms with van der Waals surface area (Å²) < 4.78 is 23.9. The van der Waals surface area contributed by atoms with Crippen LogP contribution >= 0.6 is 0 Å². The highest BCUT2D eigenvalue weighted by Gasteiger charge is 2.01. The van der Waals surface area contributed by atoms with Crippen LogP contribution in [0.2, 0.25) is 0 Å².